The van der Waals surface area contributed by atoms with E-state index >= 15 is 0 Å². The lowest BCUT2D eigenvalue weighted by molar-refractivity contribution is 0.0857. The molecule has 2 aromatic heterocycles. The fraction of sp³-hybridized carbons (Fsp3) is 0.462. The third-order valence-corrected chi connectivity index (χ3v) is 7.06. The van der Waals surface area contributed by atoms with Crippen molar-refractivity contribution in [1.82, 2.24) is 20.1 Å². The number of nitriles is 1. The van der Waals surface area contributed by atoms with Crippen molar-refractivity contribution < 1.29 is 0 Å². The number of aryl methyl sites for hydroxylation is 1. The van der Waals surface area contributed by atoms with E-state index in [1.165, 1.54) is 0 Å². The van der Waals surface area contributed by atoms with Crippen LogP contribution < -0.4 is 10.2 Å². The van der Waals surface area contributed by atoms with Crippen LogP contribution in [-0.4, -0.2) is 51.8 Å². The summed E-state index contributed by atoms with van der Waals surface area (Å²) in [5, 5.41) is 23.8. The van der Waals surface area contributed by atoms with Crippen LogP contribution in [0.2, 0.25) is 0 Å². The molecule has 1 atom stereocenters. The summed E-state index contributed by atoms with van der Waals surface area (Å²) in [6, 6.07) is 10.2. The van der Waals surface area contributed by atoms with Crippen molar-refractivity contribution in [2.24, 2.45) is 0 Å². The van der Waals surface area contributed by atoms with E-state index in [1.807, 2.05) is 32.2 Å². The van der Waals surface area contributed by atoms with Gasteiger partial charge in [0, 0.05) is 30.1 Å². The van der Waals surface area contributed by atoms with Crippen molar-refractivity contribution in [2.75, 3.05) is 36.4 Å². The van der Waals surface area contributed by atoms with Crippen molar-refractivity contribution >= 4 is 22.4 Å². The molecule has 0 bridgehead atoms. The summed E-state index contributed by atoms with van der Waals surface area (Å²) in [4.78, 5) is 9.61. The summed E-state index contributed by atoms with van der Waals surface area (Å²) in [6.45, 7) is 16.9. The predicted octanol–water partition coefficient (Wildman–Crippen LogP) is 4.61. The summed E-state index contributed by atoms with van der Waals surface area (Å²) < 4.78 is 0. The summed E-state index contributed by atoms with van der Waals surface area (Å²) in [5.41, 5.74) is 3.81. The molecule has 1 aliphatic heterocycles. The van der Waals surface area contributed by atoms with Gasteiger partial charge in [0.05, 0.1) is 28.9 Å². The molecule has 172 valence electrons. The van der Waals surface area contributed by atoms with Crippen molar-refractivity contribution in [3.63, 3.8) is 0 Å². The Morgan fingerprint density at radius 1 is 1.18 bits per heavy atom. The molecule has 0 saturated carbocycles. The Hall–Kier alpha value is -3.24. The maximum absolute atomic E-state index is 9.39. The van der Waals surface area contributed by atoms with Crippen LogP contribution in [0.15, 0.2) is 30.5 Å². The van der Waals surface area contributed by atoms with Crippen LogP contribution in [0.1, 0.15) is 56.1 Å². The predicted molar refractivity (Wildman–Crippen MR) is 134 cm³/mol. The van der Waals surface area contributed by atoms with Crippen molar-refractivity contribution in [3.8, 4) is 6.07 Å². The van der Waals surface area contributed by atoms with E-state index in [9.17, 15) is 5.26 Å². The molecule has 1 aliphatic rings. The molecule has 7 heteroatoms. The smallest absolute Gasteiger partial charge is 0.157 e. The van der Waals surface area contributed by atoms with Crippen LogP contribution in [0, 0.1) is 25.2 Å². The van der Waals surface area contributed by atoms with Crippen LogP contribution in [0.4, 0.5) is 11.6 Å². The molecular formula is C26H33N7. The number of nitrogens with zero attached hydrogens (tertiary/aromatic N) is 6. The molecule has 0 amide bonds. The number of likely N-dealkylation sites (N-methyl/N-ethyl adjacent to an activating group) is 1. The monoisotopic (exact) mass is 443 g/mol. The molecule has 3 aromatic rings. The Labute approximate surface area is 196 Å². The van der Waals surface area contributed by atoms with Crippen LogP contribution >= 0.6 is 0 Å². The molecule has 0 unspecified atom stereocenters. The topological polar surface area (TPSA) is 81.0 Å². The number of benzene rings is 1. The average Bonchev–Trinajstić information content (AvgIpc) is 2.79. The Kier molecular flexibility index (Phi) is 6.22. The van der Waals surface area contributed by atoms with Crippen molar-refractivity contribution in [3.05, 3.63) is 52.8 Å². The summed E-state index contributed by atoms with van der Waals surface area (Å²) in [6.07, 6.45) is 1.92. The minimum Gasteiger partial charge on any atom is -0.362 e. The number of anilines is 2. The molecule has 0 spiro atoms. The highest BCUT2D eigenvalue weighted by atomic mass is 15.4. The lowest BCUT2D eigenvalue weighted by Crippen LogP contribution is -2.68. The van der Waals surface area contributed by atoms with E-state index in [-0.39, 0.29) is 11.6 Å². The summed E-state index contributed by atoms with van der Waals surface area (Å²) >= 11 is 0. The van der Waals surface area contributed by atoms with Gasteiger partial charge in [0.2, 0.25) is 0 Å². The van der Waals surface area contributed by atoms with Gasteiger partial charge in [-0.3, -0.25) is 4.90 Å². The normalized spacial score (nSPS) is 15.9. The second-order valence-corrected chi connectivity index (χ2v) is 9.25. The highest BCUT2D eigenvalue weighted by molar-refractivity contribution is 5.94. The quantitative estimate of drug-likeness (QED) is 0.571. The molecule has 1 N–H and O–H groups in total. The zero-order chi connectivity index (χ0) is 23.8. The Morgan fingerprint density at radius 3 is 2.58 bits per heavy atom. The Balaban J connectivity index is 1.64. The minimum atomic E-state index is -0.0231. The molecule has 1 saturated heterocycles. The standard InChI is InChI=1S/C26H33N7/c1-7-33(8-2)26(6)15-32(16-26)24-12-22-23(14-28-24)19(5)30-31-25(22)29-18(4)21-11-9-10-20(13-27)17(21)3/h9-12,14,18H,7-8,15-16H2,1-6H3,(H,29,31)/t18-/m1/s1. The van der Waals surface area contributed by atoms with Crippen molar-refractivity contribution in [1.29, 1.82) is 5.26 Å². The van der Waals surface area contributed by atoms with Crippen LogP contribution in [0.5, 0.6) is 0 Å². The molecule has 1 aromatic carbocycles. The van der Waals surface area contributed by atoms with Gasteiger partial charge < -0.3 is 10.2 Å². The first-order valence-corrected chi connectivity index (χ1v) is 11.7. The number of fused-ring (bicyclic) bond motifs is 1. The van der Waals surface area contributed by atoms with E-state index < -0.39 is 0 Å². The molecular weight excluding hydrogens is 410 g/mol. The van der Waals surface area contributed by atoms with Gasteiger partial charge in [-0.05, 0) is 64.0 Å². The van der Waals surface area contributed by atoms with Gasteiger partial charge in [0.15, 0.2) is 5.82 Å². The largest absolute Gasteiger partial charge is 0.362 e. The second-order valence-electron chi connectivity index (χ2n) is 9.25. The summed E-state index contributed by atoms with van der Waals surface area (Å²) in [5.74, 6) is 1.71. The van der Waals surface area contributed by atoms with Gasteiger partial charge in [-0.15, -0.1) is 5.10 Å². The van der Waals surface area contributed by atoms with E-state index in [1.54, 1.807) is 0 Å². The lowest BCUT2D eigenvalue weighted by Gasteiger charge is -2.54. The fourth-order valence-electron chi connectivity index (χ4n) is 5.09. The number of hydrogen-bond donors (Lipinski definition) is 1. The van der Waals surface area contributed by atoms with E-state index in [4.69, 9.17) is 4.98 Å². The van der Waals surface area contributed by atoms with Gasteiger partial charge in [-0.1, -0.05) is 26.0 Å². The highest BCUT2D eigenvalue weighted by Crippen LogP contribution is 2.34. The van der Waals surface area contributed by atoms with Crippen LogP contribution in [-0.2, 0) is 0 Å². The molecule has 0 aliphatic carbocycles. The molecule has 7 nitrogen and oxygen atoms in total. The molecule has 4 rings (SSSR count). The average molecular weight is 444 g/mol. The zero-order valence-electron chi connectivity index (χ0n) is 20.5. The number of pyridine rings is 1. The number of aromatic nitrogens is 3. The molecule has 33 heavy (non-hydrogen) atoms. The Bertz CT molecular complexity index is 1200. The third-order valence-electron chi connectivity index (χ3n) is 7.06. The van der Waals surface area contributed by atoms with Crippen LogP contribution in [0.3, 0.4) is 0 Å². The third kappa shape index (κ3) is 4.11. The number of rotatable bonds is 7. The minimum absolute atomic E-state index is 0.0231. The van der Waals surface area contributed by atoms with Gasteiger partial charge in [-0.2, -0.15) is 10.4 Å². The Morgan fingerprint density at radius 2 is 1.91 bits per heavy atom. The SMILES string of the molecule is CCN(CC)C1(C)CN(c2cc3c(N[C@H](C)c4cccc(C#N)c4C)nnc(C)c3cn2)C1. The maximum atomic E-state index is 9.39. The fourth-order valence-corrected chi connectivity index (χ4v) is 5.09. The lowest BCUT2D eigenvalue weighted by atomic mass is 9.89. The zero-order valence-corrected chi connectivity index (χ0v) is 20.5. The van der Waals surface area contributed by atoms with E-state index in [2.05, 4.69) is 71.2 Å². The van der Waals surface area contributed by atoms with Gasteiger partial charge in [0.25, 0.3) is 0 Å². The second kappa shape index (κ2) is 8.95. The molecule has 1 fully saturated rings. The first-order chi connectivity index (χ1) is 15.8. The van der Waals surface area contributed by atoms with E-state index in [0.29, 0.717) is 5.56 Å². The van der Waals surface area contributed by atoms with Gasteiger partial charge in [-0.25, -0.2) is 4.98 Å². The summed E-state index contributed by atoms with van der Waals surface area (Å²) in [7, 11) is 0. The highest BCUT2D eigenvalue weighted by Gasteiger charge is 2.43. The first kappa shape index (κ1) is 22.9. The molecule has 3 heterocycles. The number of hydrogen-bond acceptors (Lipinski definition) is 7. The molecule has 0 radical (unpaired) electrons. The number of nitrogens with one attached hydrogen (secondary N) is 1. The van der Waals surface area contributed by atoms with Gasteiger partial charge >= 0.3 is 0 Å². The van der Waals surface area contributed by atoms with E-state index in [0.717, 1.165) is 65.4 Å². The van der Waals surface area contributed by atoms with Crippen molar-refractivity contribution in [2.45, 2.75) is 53.1 Å². The first-order valence-electron chi connectivity index (χ1n) is 11.7. The van der Waals surface area contributed by atoms with Crippen LogP contribution in [0.25, 0.3) is 10.8 Å². The van der Waals surface area contributed by atoms with Gasteiger partial charge in [0.1, 0.15) is 5.82 Å². The maximum Gasteiger partial charge on any atom is 0.157 e.